The Morgan fingerprint density at radius 3 is 2.56 bits per heavy atom. The minimum Gasteiger partial charge on any atom is -0.433 e. The van der Waals surface area contributed by atoms with Gasteiger partial charge in [0.15, 0.2) is 0 Å². The van der Waals surface area contributed by atoms with Gasteiger partial charge in [-0.05, 0) is 30.4 Å². The third kappa shape index (κ3) is 2.49. The van der Waals surface area contributed by atoms with Gasteiger partial charge in [0.05, 0.1) is 6.20 Å². The van der Waals surface area contributed by atoms with Gasteiger partial charge >= 0.3 is 6.61 Å². The van der Waals surface area contributed by atoms with E-state index in [0.717, 1.165) is 12.1 Å². The predicted octanol–water partition coefficient (Wildman–Crippen LogP) is 3.44. The van der Waals surface area contributed by atoms with Crippen LogP contribution in [0.3, 0.4) is 0 Å². The molecule has 16 heavy (non-hydrogen) atoms. The first-order chi connectivity index (χ1) is 7.58. The molecule has 0 N–H and O–H groups in total. The number of ether oxygens (including phenoxy) is 1. The van der Waals surface area contributed by atoms with Gasteiger partial charge in [-0.15, -0.1) is 0 Å². The van der Waals surface area contributed by atoms with Gasteiger partial charge in [0.2, 0.25) is 0 Å². The second kappa shape index (κ2) is 4.36. The zero-order valence-corrected chi connectivity index (χ0v) is 9.36. The van der Waals surface area contributed by atoms with Crippen molar-refractivity contribution in [3.05, 3.63) is 24.0 Å². The minimum absolute atomic E-state index is 0.125. The maximum Gasteiger partial charge on any atom is 0.387 e. The van der Waals surface area contributed by atoms with Crippen LogP contribution in [0.5, 0.6) is 5.75 Å². The molecule has 2 nitrogen and oxygen atoms in total. The van der Waals surface area contributed by atoms with E-state index in [-0.39, 0.29) is 5.75 Å². The fraction of sp³-hybridized carbons (Fsp3) is 0.583. The van der Waals surface area contributed by atoms with Crippen LogP contribution in [0.25, 0.3) is 0 Å². The zero-order chi connectivity index (χ0) is 11.7. The van der Waals surface area contributed by atoms with Crippen LogP contribution in [-0.4, -0.2) is 11.6 Å². The number of rotatable bonds is 4. The summed E-state index contributed by atoms with van der Waals surface area (Å²) in [5.74, 6) is 1.97. The van der Waals surface area contributed by atoms with Gasteiger partial charge < -0.3 is 4.74 Å². The van der Waals surface area contributed by atoms with Crippen molar-refractivity contribution in [3.63, 3.8) is 0 Å². The molecule has 1 saturated carbocycles. The molecule has 0 spiro atoms. The van der Waals surface area contributed by atoms with E-state index in [0.29, 0.717) is 17.8 Å². The fourth-order valence-electron chi connectivity index (χ4n) is 2.08. The maximum atomic E-state index is 11.9. The first-order valence-corrected chi connectivity index (χ1v) is 5.48. The van der Waals surface area contributed by atoms with Crippen molar-refractivity contribution in [3.8, 4) is 5.75 Å². The van der Waals surface area contributed by atoms with E-state index in [1.165, 1.54) is 6.20 Å². The van der Waals surface area contributed by atoms with Crippen molar-refractivity contribution in [2.24, 2.45) is 11.8 Å². The van der Waals surface area contributed by atoms with E-state index in [4.69, 9.17) is 0 Å². The lowest BCUT2D eigenvalue weighted by Crippen LogP contribution is -2.02. The largest absolute Gasteiger partial charge is 0.433 e. The number of aromatic nitrogens is 1. The van der Waals surface area contributed by atoms with Gasteiger partial charge in [-0.3, -0.25) is 4.98 Å². The van der Waals surface area contributed by atoms with Crippen molar-refractivity contribution in [1.82, 2.24) is 4.98 Å². The molecule has 1 aliphatic carbocycles. The summed E-state index contributed by atoms with van der Waals surface area (Å²) in [6, 6.07) is 3.34. The summed E-state index contributed by atoms with van der Waals surface area (Å²) in [4.78, 5) is 4.17. The quantitative estimate of drug-likeness (QED) is 0.786. The summed E-state index contributed by atoms with van der Waals surface area (Å²) in [7, 11) is 0. The normalized spacial score (nSPS) is 23.9. The van der Waals surface area contributed by atoms with Gasteiger partial charge in [0.1, 0.15) is 5.75 Å². The number of hydrogen-bond acceptors (Lipinski definition) is 2. The molecule has 2 rings (SSSR count). The van der Waals surface area contributed by atoms with Crippen LogP contribution < -0.4 is 4.74 Å². The number of hydrogen-bond donors (Lipinski definition) is 0. The van der Waals surface area contributed by atoms with Crippen LogP contribution in [0.15, 0.2) is 18.3 Å². The molecule has 1 heterocycles. The Kier molecular flexibility index (Phi) is 3.08. The highest BCUT2D eigenvalue weighted by atomic mass is 19.3. The highest BCUT2D eigenvalue weighted by molar-refractivity contribution is 5.25. The predicted molar refractivity (Wildman–Crippen MR) is 56.6 cm³/mol. The summed E-state index contributed by atoms with van der Waals surface area (Å²) < 4.78 is 28.1. The Labute approximate surface area is 93.6 Å². The summed E-state index contributed by atoms with van der Waals surface area (Å²) >= 11 is 0. The molecule has 0 radical (unpaired) electrons. The van der Waals surface area contributed by atoms with Crippen LogP contribution in [0.2, 0.25) is 0 Å². The lowest BCUT2D eigenvalue weighted by molar-refractivity contribution is -0.0500. The average molecular weight is 227 g/mol. The van der Waals surface area contributed by atoms with Crippen LogP contribution in [0.1, 0.15) is 31.9 Å². The molecular formula is C12H15F2NO. The van der Waals surface area contributed by atoms with Crippen LogP contribution in [0.4, 0.5) is 8.78 Å². The SMILES string of the molecule is CC(C)[C@H]1C[C@@H]1c1ccc(OC(F)F)cn1. The molecule has 0 amide bonds. The van der Waals surface area contributed by atoms with Crippen LogP contribution >= 0.6 is 0 Å². The third-order valence-electron chi connectivity index (χ3n) is 3.06. The van der Waals surface area contributed by atoms with E-state index in [2.05, 4.69) is 23.6 Å². The van der Waals surface area contributed by atoms with Gasteiger partial charge in [-0.25, -0.2) is 0 Å². The topological polar surface area (TPSA) is 22.1 Å². The van der Waals surface area contributed by atoms with Gasteiger partial charge in [0.25, 0.3) is 0 Å². The Morgan fingerprint density at radius 2 is 2.12 bits per heavy atom. The van der Waals surface area contributed by atoms with Crippen molar-refractivity contribution in [1.29, 1.82) is 0 Å². The van der Waals surface area contributed by atoms with E-state index in [1.807, 2.05) is 0 Å². The number of alkyl halides is 2. The molecular weight excluding hydrogens is 212 g/mol. The maximum absolute atomic E-state index is 11.9. The molecule has 2 atom stereocenters. The molecule has 1 aromatic heterocycles. The molecule has 4 heteroatoms. The second-order valence-corrected chi connectivity index (χ2v) is 4.55. The van der Waals surface area contributed by atoms with Gasteiger partial charge in [-0.2, -0.15) is 8.78 Å². The molecule has 0 aliphatic heterocycles. The molecule has 0 unspecified atom stereocenters. The van der Waals surface area contributed by atoms with Crippen molar-refractivity contribution in [2.45, 2.75) is 32.8 Å². The number of halogens is 2. The summed E-state index contributed by atoms with van der Waals surface area (Å²) in [5.41, 5.74) is 0.986. The molecule has 0 bridgehead atoms. The van der Waals surface area contributed by atoms with E-state index in [9.17, 15) is 8.78 Å². The average Bonchev–Trinajstić information content (AvgIpc) is 2.97. The van der Waals surface area contributed by atoms with Crippen molar-refractivity contribution >= 4 is 0 Å². The van der Waals surface area contributed by atoms with E-state index < -0.39 is 6.61 Å². The Bertz CT molecular complexity index is 351. The Balaban J connectivity index is 1.98. The van der Waals surface area contributed by atoms with E-state index in [1.54, 1.807) is 12.1 Å². The van der Waals surface area contributed by atoms with Crippen molar-refractivity contribution < 1.29 is 13.5 Å². The Hall–Kier alpha value is -1.19. The monoisotopic (exact) mass is 227 g/mol. The highest BCUT2D eigenvalue weighted by Crippen LogP contribution is 2.51. The van der Waals surface area contributed by atoms with Crippen molar-refractivity contribution in [2.75, 3.05) is 0 Å². The highest BCUT2D eigenvalue weighted by Gasteiger charge is 2.41. The molecule has 0 saturated heterocycles. The van der Waals surface area contributed by atoms with Gasteiger partial charge in [0, 0.05) is 11.6 Å². The number of pyridine rings is 1. The summed E-state index contributed by atoms with van der Waals surface area (Å²) in [5, 5.41) is 0. The van der Waals surface area contributed by atoms with Crippen LogP contribution in [-0.2, 0) is 0 Å². The second-order valence-electron chi connectivity index (χ2n) is 4.55. The fourth-order valence-corrected chi connectivity index (χ4v) is 2.08. The number of nitrogens with zero attached hydrogens (tertiary/aromatic N) is 1. The summed E-state index contributed by atoms with van der Waals surface area (Å²) in [6.45, 7) is 1.61. The Morgan fingerprint density at radius 1 is 1.38 bits per heavy atom. The first kappa shape index (κ1) is 11.3. The standard InChI is InChI=1S/C12H15F2NO/c1-7(2)9-5-10(9)11-4-3-8(6-15-11)16-12(13)14/h3-4,6-7,9-10,12H,5H2,1-2H3/t9-,10+/m1/s1. The lowest BCUT2D eigenvalue weighted by Gasteiger charge is -2.05. The smallest absolute Gasteiger partial charge is 0.387 e. The van der Waals surface area contributed by atoms with E-state index >= 15 is 0 Å². The van der Waals surface area contributed by atoms with Gasteiger partial charge in [-0.1, -0.05) is 13.8 Å². The first-order valence-electron chi connectivity index (χ1n) is 5.48. The lowest BCUT2D eigenvalue weighted by atomic mass is 10.1. The summed E-state index contributed by atoms with van der Waals surface area (Å²) in [6.07, 6.45) is 2.52. The molecule has 0 aromatic carbocycles. The molecule has 1 aliphatic rings. The zero-order valence-electron chi connectivity index (χ0n) is 9.36. The van der Waals surface area contributed by atoms with Crippen LogP contribution in [0, 0.1) is 11.8 Å². The molecule has 1 aromatic rings. The minimum atomic E-state index is -2.78. The third-order valence-corrected chi connectivity index (χ3v) is 3.06. The molecule has 88 valence electrons. The molecule has 1 fully saturated rings.